The Bertz CT molecular complexity index is 1450. The zero-order valence-corrected chi connectivity index (χ0v) is 20.5. The molecular weight excluding hydrogens is 504 g/mol. The number of carboxylic acid groups (broad SMARTS) is 1. The number of rotatable bonds is 7. The lowest BCUT2D eigenvalue weighted by atomic mass is 10.0. The summed E-state index contributed by atoms with van der Waals surface area (Å²) in [4.78, 5) is 48.1. The van der Waals surface area contributed by atoms with Crippen LogP contribution in [0.3, 0.4) is 0 Å². The Kier molecular flexibility index (Phi) is 6.33. The van der Waals surface area contributed by atoms with Crippen molar-refractivity contribution in [3.63, 3.8) is 0 Å². The van der Waals surface area contributed by atoms with Gasteiger partial charge in [0.15, 0.2) is 24.7 Å². The van der Waals surface area contributed by atoms with Gasteiger partial charge in [0.2, 0.25) is 0 Å². The van der Waals surface area contributed by atoms with Crippen molar-refractivity contribution in [1.29, 1.82) is 0 Å². The summed E-state index contributed by atoms with van der Waals surface area (Å²) in [6, 6.07) is 7.70. The van der Waals surface area contributed by atoms with Gasteiger partial charge in [0.1, 0.15) is 30.0 Å². The number of nitrogens with one attached hydrogen (secondary N) is 1. The zero-order chi connectivity index (χ0) is 25.4. The minimum Gasteiger partial charge on any atom is -0.543 e. The van der Waals surface area contributed by atoms with Crippen molar-refractivity contribution < 1.29 is 28.9 Å². The molecular formula is C23H20N6O5S2. The minimum absolute atomic E-state index is 0.157. The number of hydrogen-bond acceptors (Lipinski definition) is 10. The van der Waals surface area contributed by atoms with E-state index in [2.05, 4.69) is 15.5 Å². The van der Waals surface area contributed by atoms with Crippen LogP contribution in [0.4, 0.5) is 5.82 Å². The first-order valence-electron chi connectivity index (χ1n) is 10.8. The number of nitrogens with zero attached hydrogens (tertiary/aromatic N) is 4. The van der Waals surface area contributed by atoms with E-state index in [9.17, 15) is 19.5 Å². The van der Waals surface area contributed by atoms with Crippen LogP contribution in [0.5, 0.6) is 0 Å². The van der Waals surface area contributed by atoms with Gasteiger partial charge in [-0.3, -0.25) is 14.5 Å². The van der Waals surface area contributed by atoms with Gasteiger partial charge in [-0.25, -0.2) is 9.55 Å². The van der Waals surface area contributed by atoms with E-state index in [1.165, 1.54) is 29.8 Å². The molecule has 5 rings (SSSR count). The second-order valence-electron chi connectivity index (χ2n) is 8.03. The molecule has 3 N–H and O–H groups in total. The van der Waals surface area contributed by atoms with Crippen molar-refractivity contribution in [1.82, 2.24) is 15.2 Å². The second kappa shape index (κ2) is 9.59. The van der Waals surface area contributed by atoms with Crippen LogP contribution in [0.2, 0.25) is 0 Å². The maximum absolute atomic E-state index is 13.0. The Labute approximate surface area is 213 Å². The highest BCUT2D eigenvalue weighted by Crippen LogP contribution is 2.40. The number of pyridine rings is 2. The molecule has 3 aromatic heterocycles. The maximum Gasteiger partial charge on any atom is 0.276 e. The van der Waals surface area contributed by atoms with Gasteiger partial charge in [-0.2, -0.15) is 0 Å². The molecule has 0 bridgehead atoms. The highest BCUT2D eigenvalue weighted by Gasteiger charge is 2.53. The van der Waals surface area contributed by atoms with Gasteiger partial charge in [0.05, 0.1) is 17.1 Å². The van der Waals surface area contributed by atoms with Crippen LogP contribution in [-0.2, 0) is 25.8 Å². The van der Waals surface area contributed by atoms with E-state index in [-0.39, 0.29) is 22.9 Å². The van der Waals surface area contributed by atoms with E-state index in [4.69, 9.17) is 10.6 Å². The number of hydrogen-bond donors (Lipinski definition) is 2. The molecule has 1 unspecified atom stereocenters. The molecule has 2 aliphatic heterocycles. The summed E-state index contributed by atoms with van der Waals surface area (Å²) in [6.07, 6.45) is 3.81. The van der Waals surface area contributed by atoms with Gasteiger partial charge in [0.25, 0.3) is 11.8 Å². The summed E-state index contributed by atoms with van der Waals surface area (Å²) in [7, 11) is 1.28. The molecule has 11 nitrogen and oxygen atoms in total. The number of aliphatic carboxylic acids is 1. The molecule has 2 aliphatic rings. The first-order chi connectivity index (χ1) is 17.4. The van der Waals surface area contributed by atoms with Crippen LogP contribution >= 0.6 is 23.1 Å². The number of nitrogen functional groups attached to an aromatic ring is 1. The predicted octanol–water partition coefficient (Wildman–Crippen LogP) is -0.379. The standard InChI is InChI=1S/C23H20N6O5S2/c1-34-27-17(14-3-2-4-16(24)25-14)20(30)26-18-21(31)29-19(23(32)33)13(11-36-22(18)29)10-28-7-5-15-12(9-28)6-8-35-15/h2-9,18,22H,10-11H2,1H3,(H3-,24,25,26,30,32,33)/t18?,22-/m1/s1. The molecule has 5 heterocycles. The minimum atomic E-state index is -1.43. The number of carbonyl (C=O) groups is 3. The number of carbonyl (C=O) groups excluding carboxylic acids is 3. The number of fused-ring (bicyclic) bond motifs is 2. The highest BCUT2D eigenvalue weighted by atomic mass is 32.2. The number of anilines is 1. The molecule has 2 amide bonds. The van der Waals surface area contributed by atoms with E-state index in [1.807, 2.05) is 34.5 Å². The molecule has 1 fully saturated rings. The Hall–Kier alpha value is -3.97. The normalized spacial score (nSPS) is 19.6. The number of β-lactam (4-membered cyclic amide) rings is 1. The summed E-state index contributed by atoms with van der Waals surface area (Å²) in [5.41, 5.74) is 6.12. The third-order valence-electron chi connectivity index (χ3n) is 5.76. The fourth-order valence-electron chi connectivity index (χ4n) is 4.16. The first-order valence-corrected chi connectivity index (χ1v) is 12.7. The van der Waals surface area contributed by atoms with E-state index in [0.717, 1.165) is 10.1 Å². The summed E-state index contributed by atoms with van der Waals surface area (Å²) in [5, 5.41) is 20.9. The molecule has 1 saturated heterocycles. The first kappa shape index (κ1) is 23.8. The Morgan fingerprint density at radius 3 is 2.94 bits per heavy atom. The Balaban J connectivity index is 1.36. The summed E-state index contributed by atoms with van der Waals surface area (Å²) in [6.45, 7) is 0.293. The van der Waals surface area contributed by atoms with Crippen LogP contribution in [0, 0.1) is 0 Å². The predicted molar refractivity (Wildman–Crippen MR) is 131 cm³/mol. The molecule has 0 aromatic carbocycles. The fourth-order valence-corrected chi connectivity index (χ4v) is 6.25. The van der Waals surface area contributed by atoms with E-state index in [1.54, 1.807) is 23.5 Å². The number of oxime groups is 1. The summed E-state index contributed by atoms with van der Waals surface area (Å²) < 4.78 is 3.00. The van der Waals surface area contributed by atoms with Crippen molar-refractivity contribution in [3.8, 4) is 0 Å². The van der Waals surface area contributed by atoms with Crippen LogP contribution < -0.4 is 20.7 Å². The van der Waals surface area contributed by atoms with Gasteiger partial charge >= 0.3 is 0 Å². The smallest absolute Gasteiger partial charge is 0.276 e. The molecule has 13 heteroatoms. The third kappa shape index (κ3) is 4.27. The van der Waals surface area contributed by atoms with E-state index < -0.39 is 29.2 Å². The third-order valence-corrected chi connectivity index (χ3v) is 8.00. The molecule has 0 saturated carbocycles. The van der Waals surface area contributed by atoms with E-state index >= 15 is 0 Å². The lowest BCUT2D eigenvalue weighted by molar-refractivity contribution is -0.687. The monoisotopic (exact) mass is 524 g/mol. The van der Waals surface area contributed by atoms with Crippen molar-refractivity contribution in [2.75, 3.05) is 18.6 Å². The van der Waals surface area contributed by atoms with Gasteiger partial charge in [-0.05, 0) is 23.6 Å². The highest BCUT2D eigenvalue weighted by molar-refractivity contribution is 8.00. The van der Waals surface area contributed by atoms with Crippen LogP contribution in [0.15, 0.2) is 64.5 Å². The van der Waals surface area contributed by atoms with Crippen molar-refractivity contribution in [3.05, 3.63) is 65.1 Å². The van der Waals surface area contributed by atoms with Gasteiger partial charge in [-0.15, -0.1) is 23.1 Å². The lowest BCUT2D eigenvalue weighted by Crippen LogP contribution is -2.71. The number of carboxylic acids is 1. The van der Waals surface area contributed by atoms with Crippen molar-refractivity contribution >= 4 is 62.5 Å². The number of amides is 2. The van der Waals surface area contributed by atoms with Crippen molar-refractivity contribution in [2.24, 2.45) is 5.16 Å². The lowest BCUT2D eigenvalue weighted by Gasteiger charge is -2.50. The van der Waals surface area contributed by atoms with Gasteiger partial charge in [0, 0.05) is 22.1 Å². The quantitative estimate of drug-likeness (QED) is 0.184. The molecule has 3 aromatic rings. The number of thioether (sulfide) groups is 1. The molecule has 0 aliphatic carbocycles. The zero-order valence-electron chi connectivity index (χ0n) is 18.9. The van der Waals surface area contributed by atoms with E-state index in [0.29, 0.717) is 17.9 Å². The van der Waals surface area contributed by atoms with Crippen LogP contribution in [-0.4, -0.2) is 57.7 Å². The number of thiophene rings is 1. The van der Waals surface area contributed by atoms with Crippen molar-refractivity contribution in [2.45, 2.75) is 18.0 Å². The average Bonchev–Trinajstić information content (AvgIpc) is 3.33. The van der Waals surface area contributed by atoms with Gasteiger partial charge < -0.3 is 25.8 Å². The molecule has 184 valence electrons. The average molecular weight is 525 g/mol. The Morgan fingerprint density at radius 1 is 1.36 bits per heavy atom. The summed E-state index contributed by atoms with van der Waals surface area (Å²) >= 11 is 2.99. The summed E-state index contributed by atoms with van der Waals surface area (Å²) in [5.74, 6) is -2.14. The number of nitrogens with two attached hydrogens (primary N) is 1. The van der Waals surface area contributed by atoms with Gasteiger partial charge in [-0.1, -0.05) is 11.2 Å². The van der Waals surface area contributed by atoms with Crippen LogP contribution in [0.1, 0.15) is 5.69 Å². The topological polar surface area (TPSA) is 154 Å². The molecule has 0 spiro atoms. The fraction of sp³-hybridized carbons (Fsp3) is 0.217. The maximum atomic E-state index is 13.0. The molecule has 2 atom stereocenters. The second-order valence-corrected chi connectivity index (χ2v) is 10.1. The van der Waals surface area contributed by atoms with Crippen LogP contribution in [0.25, 0.3) is 10.1 Å². The Morgan fingerprint density at radius 2 is 2.19 bits per heavy atom. The SMILES string of the molecule is CON=C(C(=O)NC1C(=O)N2C(C(=O)[O-])=C(C[n+]3ccc4sccc4c3)CS[C@H]12)c1cccc(N)n1. The molecule has 0 radical (unpaired) electrons. The largest absolute Gasteiger partial charge is 0.543 e. The molecule has 36 heavy (non-hydrogen) atoms. The number of aromatic nitrogens is 2.